The van der Waals surface area contributed by atoms with Crippen LogP contribution in [0.5, 0.6) is 0 Å². The summed E-state index contributed by atoms with van der Waals surface area (Å²) in [4.78, 5) is 22.4. The van der Waals surface area contributed by atoms with Crippen LogP contribution in [0.1, 0.15) is 0 Å². The van der Waals surface area contributed by atoms with E-state index in [0.29, 0.717) is 69.5 Å². The van der Waals surface area contributed by atoms with E-state index in [1.807, 2.05) is 9.80 Å². The Morgan fingerprint density at radius 3 is 1.80 bits per heavy atom. The van der Waals surface area contributed by atoms with Crippen LogP contribution in [0.4, 0.5) is 17.6 Å². The van der Waals surface area contributed by atoms with Crippen molar-refractivity contribution in [3.05, 3.63) is 22.4 Å². The number of ether oxygens (including phenoxy) is 2. The van der Waals surface area contributed by atoms with E-state index in [1.165, 1.54) is 0 Å². The van der Waals surface area contributed by atoms with Gasteiger partial charge < -0.3 is 29.3 Å². The van der Waals surface area contributed by atoms with Gasteiger partial charge in [-0.25, -0.2) is 23.4 Å². The molecule has 0 bridgehead atoms. The zero-order valence-electron chi connectivity index (χ0n) is 19.2. The molecule has 5 heterocycles. The highest BCUT2D eigenvalue weighted by Crippen LogP contribution is 2.24. The lowest BCUT2D eigenvalue weighted by Crippen LogP contribution is -2.51. The summed E-state index contributed by atoms with van der Waals surface area (Å²) < 4.78 is 33.3. The topological polar surface area (TPSA) is 134 Å². The summed E-state index contributed by atoms with van der Waals surface area (Å²) in [7, 11) is -3.45. The Balaban J connectivity index is 0.000000165. The van der Waals surface area contributed by atoms with Crippen molar-refractivity contribution in [3.63, 3.8) is 0 Å². The summed E-state index contributed by atoms with van der Waals surface area (Å²) in [5, 5.41) is 9.63. The van der Waals surface area contributed by atoms with E-state index in [0.717, 1.165) is 25.2 Å². The van der Waals surface area contributed by atoms with Gasteiger partial charge in [0, 0.05) is 57.7 Å². The van der Waals surface area contributed by atoms with Crippen LogP contribution in [0.2, 0.25) is 10.3 Å². The third kappa shape index (κ3) is 7.02. The lowest BCUT2D eigenvalue weighted by atomic mass is 10.2. The van der Waals surface area contributed by atoms with Crippen LogP contribution in [-0.4, -0.2) is 112 Å². The molecular formula is C20H27Cl2N7O5S. The molecule has 1 N–H and O–H groups in total. The van der Waals surface area contributed by atoms with Gasteiger partial charge in [-0.2, -0.15) is 4.98 Å². The molecule has 5 rings (SSSR count). The first kappa shape index (κ1) is 26.0. The predicted octanol–water partition coefficient (Wildman–Crippen LogP) is 0.518. The van der Waals surface area contributed by atoms with Crippen LogP contribution < -0.4 is 14.7 Å². The third-order valence-electron chi connectivity index (χ3n) is 5.48. The monoisotopic (exact) mass is 547 g/mol. The number of sulfone groups is 1. The molecule has 35 heavy (non-hydrogen) atoms. The molecule has 0 atom stereocenters. The maximum Gasteiger partial charge on any atom is 0.250 e. The van der Waals surface area contributed by atoms with Gasteiger partial charge in [-0.15, -0.1) is 0 Å². The molecule has 0 unspecified atom stereocenters. The van der Waals surface area contributed by atoms with Gasteiger partial charge in [0.2, 0.25) is 20.9 Å². The normalized spacial score (nSPS) is 19.1. The second-order valence-corrected chi connectivity index (χ2v) is 10.9. The van der Waals surface area contributed by atoms with Gasteiger partial charge in [0.1, 0.15) is 21.9 Å². The number of nitrogens with zero attached hydrogens (tertiary/aromatic N) is 7. The van der Waals surface area contributed by atoms with Crippen LogP contribution in [-0.2, 0) is 19.3 Å². The van der Waals surface area contributed by atoms with E-state index in [4.69, 9.17) is 32.7 Å². The quantitative estimate of drug-likeness (QED) is 0.422. The van der Waals surface area contributed by atoms with Crippen molar-refractivity contribution in [1.29, 1.82) is 0 Å². The minimum atomic E-state index is -3.45. The van der Waals surface area contributed by atoms with Gasteiger partial charge in [-0.05, 0) is 0 Å². The molecule has 0 spiro atoms. The number of hydrogen-bond donors (Lipinski definition) is 1. The van der Waals surface area contributed by atoms with Crippen molar-refractivity contribution in [2.75, 3.05) is 86.7 Å². The van der Waals surface area contributed by atoms with Crippen molar-refractivity contribution in [2.24, 2.45) is 0 Å². The van der Waals surface area contributed by atoms with Crippen LogP contribution in [0.25, 0.3) is 0 Å². The molecule has 0 radical (unpaired) electrons. The van der Waals surface area contributed by atoms with Crippen molar-refractivity contribution >= 4 is 50.6 Å². The summed E-state index contributed by atoms with van der Waals surface area (Å²) in [6.07, 6.45) is 0.779. The molecule has 0 saturated carbocycles. The maximum atomic E-state index is 11.4. The number of aliphatic hydroxyl groups excluding tert-OH is 1. The molecule has 12 nitrogen and oxygen atoms in total. The van der Waals surface area contributed by atoms with Crippen LogP contribution in [0, 0.1) is 0 Å². The van der Waals surface area contributed by atoms with E-state index in [2.05, 4.69) is 24.8 Å². The van der Waals surface area contributed by atoms with Gasteiger partial charge >= 0.3 is 0 Å². The molecule has 2 aromatic rings. The average Bonchev–Trinajstić information content (AvgIpc) is 2.82. The molecule has 0 aliphatic carbocycles. The predicted molar refractivity (Wildman–Crippen MR) is 131 cm³/mol. The highest BCUT2D eigenvalue weighted by Gasteiger charge is 2.28. The smallest absolute Gasteiger partial charge is 0.250 e. The Morgan fingerprint density at radius 1 is 0.829 bits per heavy atom. The van der Waals surface area contributed by atoms with E-state index in [-0.39, 0.29) is 16.4 Å². The Kier molecular flexibility index (Phi) is 8.45. The SMILES string of the molecule is CS(=O)(=O)c1nc(Cl)cc(N2CCOCC2)n1.OC1CN(c2nc(Cl)cc(N3CCOCC3)n2)C1. The number of anilines is 3. The number of aliphatic hydroxyl groups is 1. The molecule has 3 saturated heterocycles. The Hall–Kier alpha value is -2.03. The second kappa shape index (κ2) is 11.4. The molecule has 192 valence electrons. The Morgan fingerprint density at radius 2 is 1.31 bits per heavy atom. The fraction of sp³-hybridized carbons (Fsp3) is 0.600. The zero-order chi connectivity index (χ0) is 25.0. The number of morpholine rings is 2. The average molecular weight is 548 g/mol. The number of aromatic nitrogens is 4. The Bertz CT molecular complexity index is 1120. The fourth-order valence-electron chi connectivity index (χ4n) is 3.61. The van der Waals surface area contributed by atoms with Crippen molar-refractivity contribution in [3.8, 4) is 0 Å². The number of halogens is 2. The summed E-state index contributed by atoms with van der Waals surface area (Å²) in [5.74, 6) is 1.94. The summed E-state index contributed by atoms with van der Waals surface area (Å²) in [6.45, 7) is 6.70. The molecule has 15 heteroatoms. The fourth-order valence-corrected chi connectivity index (χ4v) is 4.54. The first-order valence-corrected chi connectivity index (χ1v) is 13.7. The molecule has 3 fully saturated rings. The lowest BCUT2D eigenvalue weighted by molar-refractivity contribution is 0.122. The number of hydrogen-bond acceptors (Lipinski definition) is 12. The third-order valence-corrected chi connectivity index (χ3v) is 6.71. The van der Waals surface area contributed by atoms with Crippen molar-refractivity contribution in [1.82, 2.24) is 19.9 Å². The van der Waals surface area contributed by atoms with Crippen molar-refractivity contribution < 1.29 is 23.0 Å². The summed E-state index contributed by atoms with van der Waals surface area (Å²) >= 11 is 11.8. The van der Waals surface area contributed by atoms with Gasteiger partial charge in [0.15, 0.2) is 0 Å². The van der Waals surface area contributed by atoms with Crippen LogP contribution in [0.15, 0.2) is 17.3 Å². The highest BCUT2D eigenvalue weighted by molar-refractivity contribution is 7.90. The molecule has 2 aromatic heterocycles. The minimum Gasteiger partial charge on any atom is -0.389 e. The molecule has 0 aromatic carbocycles. The largest absolute Gasteiger partial charge is 0.389 e. The first-order valence-electron chi connectivity index (χ1n) is 11.1. The standard InChI is InChI=1S/C11H15ClN4O2.C9H12ClN3O3S/c12-9-5-10(15-1-3-18-4-2-15)14-11(13-9)16-6-8(17)7-16;1-17(14,15)9-11-7(10)6-8(12-9)13-2-4-16-5-3-13/h5,8,17H,1-4,6-7H2;6H,2-5H2,1H3. The second-order valence-electron chi connectivity index (χ2n) is 8.21. The van der Waals surface area contributed by atoms with Crippen LogP contribution in [0.3, 0.4) is 0 Å². The Labute approximate surface area is 213 Å². The maximum absolute atomic E-state index is 11.4. The molecule has 0 amide bonds. The van der Waals surface area contributed by atoms with E-state index in [1.54, 1.807) is 12.1 Å². The van der Waals surface area contributed by atoms with Gasteiger partial charge in [0.05, 0.1) is 32.5 Å². The minimum absolute atomic E-state index is 0.127. The van der Waals surface area contributed by atoms with E-state index in [9.17, 15) is 13.5 Å². The lowest BCUT2D eigenvalue weighted by Gasteiger charge is -2.36. The van der Waals surface area contributed by atoms with Crippen molar-refractivity contribution in [2.45, 2.75) is 11.3 Å². The van der Waals surface area contributed by atoms with E-state index >= 15 is 0 Å². The molecular weight excluding hydrogens is 521 g/mol. The number of β-amino-alcohol motifs (C(OH)–C–C–N with tert-alkyl or cyclic N) is 1. The van der Waals surface area contributed by atoms with Gasteiger partial charge in [-0.3, -0.25) is 0 Å². The summed E-state index contributed by atoms with van der Waals surface area (Å²) in [6, 6.07) is 3.33. The molecule has 3 aliphatic heterocycles. The van der Waals surface area contributed by atoms with E-state index < -0.39 is 9.84 Å². The number of rotatable bonds is 4. The highest BCUT2D eigenvalue weighted by atomic mass is 35.5. The molecule has 3 aliphatic rings. The summed E-state index contributed by atoms with van der Waals surface area (Å²) in [5.41, 5.74) is 0. The first-order chi connectivity index (χ1) is 16.7. The van der Waals surface area contributed by atoms with Crippen LogP contribution >= 0.6 is 23.2 Å². The zero-order valence-corrected chi connectivity index (χ0v) is 21.5. The van der Waals surface area contributed by atoms with Gasteiger partial charge in [-0.1, -0.05) is 23.2 Å². The van der Waals surface area contributed by atoms with Gasteiger partial charge in [0.25, 0.3) is 0 Å².